The maximum Gasteiger partial charge on any atom is 0.0976 e. The smallest absolute Gasteiger partial charge is 0.0976 e. The zero-order chi connectivity index (χ0) is 13.9. The number of rotatable bonds is 2. The van der Waals surface area contributed by atoms with E-state index in [2.05, 4.69) is 70.6 Å². The summed E-state index contributed by atoms with van der Waals surface area (Å²) in [6, 6.07) is 19.4. The molecule has 1 aliphatic heterocycles. The van der Waals surface area contributed by atoms with Crippen LogP contribution >= 0.6 is 15.9 Å². The van der Waals surface area contributed by atoms with Gasteiger partial charge in [-0.25, -0.2) is 0 Å². The molecular formula is C17H18BrNO. The van der Waals surface area contributed by atoms with E-state index in [4.69, 9.17) is 4.74 Å². The first-order valence-electron chi connectivity index (χ1n) is 6.92. The van der Waals surface area contributed by atoms with Crippen molar-refractivity contribution in [1.82, 2.24) is 5.32 Å². The Morgan fingerprint density at radius 2 is 1.80 bits per heavy atom. The van der Waals surface area contributed by atoms with Gasteiger partial charge in [-0.05, 0) is 30.2 Å². The van der Waals surface area contributed by atoms with E-state index in [0.717, 1.165) is 4.47 Å². The molecule has 0 spiro atoms. The fourth-order valence-corrected chi connectivity index (χ4v) is 3.16. The number of benzene rings is 2. The van der Waals surface area contributed by atoms with Gasteiger partial charge < -0.3 is 10.1 Å². The normalized spacial score (nSPS) is 26.4. The van der Waals surface area contributed by atoms with Crippen molar-refractivity contribution in [3.05, 3.63) is 70.2 Å². The third-order valence-electron chi connectivity index (χ3n) is 3.74. The van der Waals surface area contributed by atoms with Gasteiger partial charge in [0.1, 0.15) is 0 Å². The molecule has 104 valence electrons. The molecule has 0 aromatic heterocycles. The van der Waals surface area contributed by atoms with Crippen LogP contribution in [0.5, 0.6) is 0 Å². The van der Waals surface area contributed by atoms with Gasteiger partial charge in [-0.1, -0.05) is 58.4 Å². The Morgan fingerprint density at radius 1 is 1.05 bits per heavy atom. The van der Waals surface area contributed by atoms with E-state index in [1.165, 1.54) is 11.1 Å². The first kappa shape index (κ1) is 13.8. The van der Waals surface area contributed by atoms with Gasteiger partial charge in [-0.2, -0.15) is 0 Å². The van der Waals surface area contributed by atoms with Crippen molar-refractivity contribution in [2.24, 2.45) is 0 Å². The largest absolute Gasteiger partial charge is 0.370 e. The molecule has 1 saturated heterocycles. The lowest BCUT2D eigenvalue weighted by Gasteiger charge is -2.36. The molecule has 1 heterocycles. The lowest BCUT2D eigenvalue weighted by atomic mass is 9.98. The molecule has 2 nitrogen and oxygen atoms in total. The van der Waals surface area contributed by atoms with Crippen LogP contribution in [0.1, 0.15) is 30.2 Å². The fourth-order valence-electron chi connectivity index (χ4n) is 2.74. The SMILES string of the molecule is CC1NC(c2ccccc2)COC1c1cccc(Br)c1. The Kier molecular flexibility index (Phi) is 4.20. The Balaban J connectivity index is 1.74. The van der Waals surface area contributed by atoms with Gasteiger partial charge in [-0.15, -0.1) is 0 Å². The van der Waals surface area contributed by atoms with E-state index < -0.39 is 0 Å². The third-order valence-corrected chi connectivity index (χ3v) is 4.23. The van der Waals surface area contributed by atoms with Crippen molar-refractivity contribution < 1.29 is 4.74 Å². The van der Waals surface area contributed by atoms with Crippen LogP contribution in [0.15, 0.2) is 59.1 Å². The molecule has 0 bridgehead atoms. The van der Waals surface area contributed by atoms with Crippen molar-refractivity contribution in [3.63, 3.8) is 0 Å². The number of morpholine rings is 1. The first-order valence-corrected chi connectivity index (χ1v) is 7.71. The molecule has 0 saturated carbocycles. The highest BCUT2D eigenvalue weighted by Gasteiger charge is 2.29. The second-order valence-electron chi connectivity index (χ2n) is 5.23. The van der Waals surface area contributed by atoms with E-state index in [1.54, 1.807) is 0 Å². The van der Waals surface area contributed by atoms with Gasteiger partial charge in [-0.3, -0.25) is 0 Å². The second kappa shape index (κ2) is 6.08. The zero-order valence-corrected chi connectivity index (χ0v) is 13.0. The van der Waals surface area contributed by atoms with Gasteiger partial charge in [0, 0.05) is 10.5 Å². The fraction of sp³-hybridized carbons (Fsp3) is 0.294. The Labute approximate surface area is 128 Å². The van der Waals surface area contributed by atoms with Crippen LogP contribution in [0.4, 0.5) is 0 Å². The predicted octanol–water partition coefficient (Wildman–Crippen LogP) is 4.24. The van der Waals surface area contributed by atoms with E-state index in [9.17, 15) is 0 Å². The molecular weight excluding hydrogens is 314 g/mol. The molecule has 3 atom stereocenters. The minimum Gasteiger partial charge on any atom is -0.370 e. The Bertz CT molecular complexity index is 572. The van der Waals surface area contributed by atoms with Gasteiger partial charge in [0.15, 0.2) is 0 Å². The van der Waals surface area contributed by atoms with E-state index in [1.807, 2.05) is 12.1 Å². The van der Waals surface area contributed by atoms with Crippen LogP contribution in [0.2, 0.25) is 0 Å². The number of halogens is 1. The molecule has 20 heavy (non-hydrogen) atoms. The summed E-state index contributed by atoms with van der Waals surface area (Å²) in [6.45, 7) is 2.88. The lowest BCUT2D eigenvalue weighted by Crippen LogP contribution is -2.43. The number of ether oxygens (including phenoxy) is 1. The van der Waals surface area contributed by atoms with Crippen molar-refractivity contribution in [2.75, 3.05) is 6.61 Å². The predicted molar refractivity (Wildman–Crippen MR) is 84.6 cm³/mol. The van der Waals surface area contributed by atoms with Gasteiger partial charge in [0.05, 0.1) is 18.8 Å². The highest BCUT2D eigenvalue weighted by atomic mass is 79.9. The maximum absolute atomic E-state index is 6.11. The van der Waals surface area contributed by atoms with Crippen LogP contribution in [-0.2, 0) is 4.74 Å². The summed E-state index contributed by atoms with van der Waals surface area (Å²) in [5.41, 5.74) is 2.50. The molecule has 2 aromatic rings. The van der Waals surface area contributed by atoms with Crippen molar-refractivity contribution in [3.8, 4) is 0 Å². The van der Waals surface area contributed by atoms with Crippen LogP contribution < -0.4 is 5.32 Å². The molecule has 1 N–H and O–H groups in total. The minimum absolute atomic E-state index is 0.104. The molecule has 3 rings (SSSR count). The summed E-state index contributed by atoms with van der Waals surface area (Å²) >= 11 is 3.52. The summed E-state index contributed by atoms with van der Waals surface area (Å²) in [4.78, 5) is 0. The van der Waals surface area contributed by atoms with Gasteiger partial charge in [0.2, 0.25) is 0 Å². The second-order valence-corrected chi connectivity index (χ2v) is 6.14. The highest BCUT2D eigenvalue weighted by Crippen LogP contribution is 2.30. The molecule has 1 fully saturated rings. The quantitative estimate of drug-likeness (QED) is 0.888. The van der Waals surface area contributed by atoms with Gasteiger partial charge in [0.25, 0.3) is 0 Å². The molecule has 0 aliphatic carbocycles. The molecule has 0 amide bonds. The van der Waals surface area contributed by atoms with E-state index in [0.29, 0.717) is 6.61 Å². The summed E-state index contributed by atoms with van der Waals surface area (Å²) in [6.07, 6.45) is 0.104. The molecule has 2 aromatic carbocycles. The molecule has 3 unspecified atom stereocenters. The zero-order valence-electron chi connectivity index (χ0n) is 11.4. The highest BCUT2D eigenvalue weighted by molar-refractivity contribution is 9.10. The standard InChI is InChI=1S/C17H18BrNO/c1-12-17(14-8-5-9-15(18)10-14)20-11-16(19-12)13-6-3-2-4-7-13/h2-10,12,16-17,19H,11H2,1H3. The summed E-state index contributed by atoms with van der Waals surface area (Å²) in [7, 11) is 0. The number of hydrogen-bond donors (Lipinski definition) is 1. The monoisotopic (exact) mass is 331 g/mol. The molecule has 0 radical (unpaired) electrons. The lowest BCUT2D eigenvalue weighted by molar-refractivity contribution is -0.0253. The summed E-state index contributed by atoms with van der Waals surface area (Å²) in [5, 5.41) is 3.66. The molecule has 3 heteroatoms. The maximum atomic E-state index is 6.11. The number of hydrogen-bond acceptors (Lipinski definition) is 2. The number of nitrogens with one attached hydrogen (secondary N) is 1. The Morgan fingerprint density at radius 3 is 2.50 bits per heavy atom. The third kappa shape index (κ3) is 2.95. The van der Waals surface area contributed by atoms with Crippen molar-refractivity contribution >= 4 is 15.9 Å². The van der Waals surface area contributed by atoms with Crippen molar-refractivity contribution in [2.45, 2.75) is 25.1 Å². The van der Waals surface area contributed by atoms with Crippen LogP contribution in [0.25, 0.3) is 0 Å². The molecule has 1 aliphatic rings. The van der Waals surface area contributed by atoms with Gasteiger partial charge >= 0.3 is 0 Å². The first-order chi connectivity index (χ1) is 9.74. The topological polar surface area (TPSA) is 21.3 Å². The van der Waals surface area contributed by atoms with Crippen LogP contribution in [-0.4, -0.2) is 12.6 Å². The average Bonchev–Trinajstić information content (AvgIpc) is 2.48. The van der Waals surface area contributed by atoms with Crippen LogP contribution in [0, 0.1) is 0 Å². The average molecular weight is 332 g/mol. The van der Waals surface area contributed by atoms with Crippen molar-refractivity contribution in [1.29, 1.82) is 0 Å². The summed E-state index contributed by atoms with van der Waals surface area (Å²) in [5.74, 6) is 0. The van der Waals surface area contributed by atoms with E-state index in [-0.39, 0.29) is 18.2 Å². The Hall–Kier alpha value is -1.16. The summed E-state index contributed by atoms with van der Waals surface area (Å²) < 4.78 is 7.21. The van der Waals surface area contributed by atoms with E-state index >= 15 is 0 Å². The van der Waals surface area contributed by atoms with Crippen LogP contribution in [0.3, 0.4) is 0 Å². The minimum atomic E-state index is 0.104.